The summed E-state index contributed by atoms with van der Waals surface area (Å²) >= 11 is 0. The Bertz CT molecular complexity index is 388. The second kappa shape index (κ2) is 4.07. The number of nitrogens with zero attached hydrogens (tertiary/aromatic N) is 2. The highest BCUT2D eigenvalue weighted by Gasteiger charge is 2.49. The number of fused-ring (bicyclic) bond motifs is 1. The van der Waals surface area contributed by atoms with Gasteiger partial charge in [0.05, 0.1) is 0 Å². The molecule has 0 aromatic carbocycles. The Morgan fingerprint density at radius 2 is 2.35 bits per heavy atom. The van der Waals surface area contributed by atoms with Gasteiger partial charge >= 0.3 is 0 Å². The van der Waals surface area contributed by atoms with E-state index in [4.69, 9.17) is 0 Å². The number of pyridine rings is 1. The van der Waals surface area contributed by atoms with Gasteiger partial charge in [-0.25, -0.2) is 0 Å². The fourth-order valence-corrected chi connectivity index (χ4v) is 3.48. The summed E-state index contributed by atoms with van der Waals surface area (Å²) in [6.45, 7) is 9.41. The predicted octanol–water partition coefficient (Wildman–Crippen LogP) is 1.51. The maximum atomic E-state index is 4.21. The molecule has 1 aromatic heterocycles. The summed E-state index contributed by atoms with van der Waals surface area (Å²) in [7, 11) is 0. The molecule has 2 saturated heterocycles. The van der Waals surface area contributed by atoms with Crippen molar-refractivity contribution in [3.05, 3.63) is 30.1 Å². The van der Waals surface area contributed by atoms with Crippen LogP contribution >= 0.6 is 0 Å². The number of nitrogens with one attached hydrogen (secondary N) is 1. The fourth-order valence-electron chi connectivity index (χ4n) is 3.48. The lowest BCUT2D eigenvalue weighted by Gasteiger charge is -2.35. The Morgan fingerprint density at radius 1 is 1.47 bits per heavy atom. The van der Waals surface area contributed by atoms with Crippen LogP contribution in [-0.2, 0) is 6.54 Å². The van der Waals surface area contributed by atoms with Crippen molar-refractivity contribution in [3.8, 4) is 0 Å². The average molecular weight is 231 g/mol. The molecule has 17 heavy (non-hydrogen) atoms. The summed E-state index contributed by atoms with van der Waals surface area (Å²) in [6, 6.07) is 4.20. The van der Waals surface area contributed by atoms with E-state index in [0.29, 0.717) is 5.54 Å². The van der Waals surface area contributed by atoms with Crippen LogP contribution in [0, 0.1) is 11.8 Å². The van der Waals surface area contributed by atoms with Crippen LogP contribution in [-0.4, -0.2) is 35.1 Å². The molecule has 92 valence electrons. The Kier molecular flexibility index (Phi) is 2.68. The molecule has 0 bridgehead atoms. The molecule has 0 radical (unpaired) electrons. The number of aromatic nitrogens is 1. The first-order chi connectivity index (χ1) is 8.18. The van der Waals surface area contributed by atoms with Crippen molar-refractivity contribution < 1.29 is 0 Å². The number of hydrogen-bond donors (Lipinski definition) is 1. The standard InChI is InChI=1S/C14H21N3/c1-14(2)13-8-16-7-12(13)10-17(14)9-11-4-3-5-15-6-11/h3-6,12-13,16H,7-10H2,1-2H3. The molecule has 3 nitrogen and oxygen atoms in total. The molecule has 1 aromatic rings. The Labute approximate surface area is 103 Å². The largest absolute Gasteiger partial charge is 0.316 e. The molecule has 2 fully saturated rings. The molecule has 3 rings (SSSR count). The predicted molar refractivity (Wildman–Crippen MR) is 68.6 cm³/mol. The van der Waals surface area contributed by atoms with E-state index in [0.717, 1.165) is 18.4 Å². The van der Waals surface area contributed by atoms with Crippen molar-refractivity contribution in [2.75, 3.05) is 19.6 Å². The molecule has 2 aliphatic heterocycles. The van der Waals surface area contributed by atoms with Crippen LogP contribution in [0.2, 0.25) is 0 Å². The van der Waals surface area contributed by atoms with Crippen LogP contribution < -0.4 is 5.32 Å². The van der Waals surface area contributed by atoms with Crippen LogP contribution in [0.3, 0.4) is 0 Å². The minimum absolute atomic E-state index is 0.310. The molecule has 1 N–H and O–H groups in total. The van der Waals surface area contributed by atoms with Gasteiger partial charge in [0.25, 0.3) is 0 Å². The smallest absolute Gasteiger partial charge is 0.0312 e. The zero-order valence-corrected chi connectivity index (χ0v) is 10.7. The van der Waals surface area contributed by atoms with E-state index in [1.807, 2.05) is 18.5 Å². The van der Waals surface area contributed by atoms with Crippen LogP contribution in [0.15, 0.2) is 24.5 Å². The molecule has 3 heteroatoms. The minimum atomic E-state index is 0.310. The van der Waals surface area contributed by atoms with E-state index < -0.39 is 0 Å². The van der Waals surface area contributed by atoms with E-state index in [1.54, 1.807) is 0 Å². The van der Waals surface area contributed by atoms with Crippen molar-refractivity contribution in [2.45, 2.75) is 25.9 Å². The highest BCUT2D eigenvalue weighted by atomic mass is 15.2. The van der Waals surface area contributed by atoms with Crippen LogP contribution in [0.4, 0.5) is 0 Å². The van der Waals surface area contributed by atoms with Crippen molar-refractivity contribution in [1.82, 2.24) is 15.2 Å². The molecule has 0 saturated carbocycles. The third-order valence-electron chi connectivity index (χ3n) is 4.61. The van der Waals surface area contributed by atoms with Crippen molar-refractivity contribution in [2.24, 2.45) is 11.8 Å². The third-order valence-corrected chi connectivity index (χ3v) is 4.61. The Morgan fingerprint density at radius 3 is 3.06 bits per heavy atom. The van der Waals surface area contributed by atoms with Crippen molar-refractivity contribution in [3.63, 3.8) is 0 Å². The monoisotopic (exact) mass is 231 g/mol. The molecule has 2 aliphatic rings. The lowest BCUT2D eigenvalue weighted by Crippen LogP contribution is -2.43. The Balaban J connectivity index is 1.77. The Hall–Kier alpha value is -0.930. The van der Waals surface area contributed by atoms with Crippen molar-refractivity contribution in [1.29, 1.82) is 0 Å². The number of hydrogen-bond acceptors (Lipinski definition) is 3. The van der Waals surface area contributed by atoms with Gasteiger partial charge in [0, 0.05) is 37.6 Å². The van der Waals surface area contributed by atoms with Gasteiger partial charge in [-0.05, 0) is 43.9 Å². The third kappa shape index (κ3) is 1.87. The summed E-state index contributed by atoms with van der Waals surface area (Å²) in [6.07, 6.45) is 3.83. The van der Waals surface area contributed by atoms with Gasteiger partial charge in [-0.1, -0.05) is 6.07 Å². The minimum Gasteiger partial charge on any atom is -0.316 e. The number of rotatable bonds is 2. The van der Waals surface area contributed by atoms with E-state index in [2.05, 4.69) is 35.1 Å². The molecular weight excluding hydrogens is 210 g/mol. The normalized spacial score (nSPS) is 31.6. The quantitative estimate of drug-likeness (QED) is 0.836. The zero-order chi connectivity index (χ0) is 11.9. The van der Waals surface area contributed by atoms with E-state index >= 15 is 0 Å². The van der Waals surface area contributed by atoms with Gasteiger partial charge in [-0.3, -0.25) is 9.88 Å². The van der Waals surface area contributed by atoms with Gasteiger partial charge in [0.1, 0.15) is 0 Å². The molecule has 0 aliphatic carbocycles. The van der Waals surface area contributed by atoms with E-state index in [1.165, 1.54) is 25.2 Å². The first kappa shape index (κ1) is 11.2. The molecule has 2 unspecified atom stereocenters. The lowest BCUT2D eigenvalue weighted by molar-refractivity contribution is 0.132. The summed E-state index contributed by atoms with van der Waals surface area (Å²) in [5.74, 6) is 1.64. The van der Waals surface area contributed by atoms with Crippen LogP contribution in [0.5, 0.6) is 0 Å². The number of likely N-dealkylation sites (tertiary alicyclic amines) is 1. The second-order valence-electron chi connectivity index (χ2n) is 5.92. The van der Waals surface area contributed by atoms with Crippen LogP contribution in [0.1, 0.15) is 19.4 Å². The van der Waals surface area contributed by atoms with Gasteiger partial charge in [-0.15, -0.1) is 0 Å². The highest BCUT2D eigenvalue weighted by molar-refractivity contribution is 5.12. The summed E-state index contributed by atoms with van der Waals surface area (Å²) in [5.41, 5.74) is 1.64. The fraction of sp³-hybridized carbons (Fsp3) is 0.643. The van der Waals surface area contributed by atoms with Crippen molar-refractivity contribution >= 4 is 0 Å². The zero-order valence-electron chi connectivity index (χ0n) is 10.7. The summed E-state index contributed by atoms with van der Waals surface area (Å²) < 4.78 is 0. The summed E-state index contributed by atoms with van der Waals surface area (Å²) in [4.78, 5) is 6.83. The molecule has 0 spiro atoms. The highest BCUT2D eigenvalue weighted by Crippen LogP contribution is 2.41. The first-order valence-electron chi connectivity index (χ1n) is 6.52. The van der Waals surface area contributed by atoms with E-state index in [9.17, 15) is 0 Å². The summed E-state index contributed by atoms with van der Waals surface area (Å²) in [5, 5.41) is 3.53. The van der Waals surface area contributed by atoms with E-state index in [-0.39, 0.29) is 0 Å². The second-order valence-corrected chi connectivity index (χ2v) is 5.92. The average Bonchev–Trinajstić information content (AvgIpc) is 2.85. The van der Waals surface area contributed by atoms with Gasteiger partial charge in [0.15, 0.2) is 0 Å². The molecule has 2 atom stereocenters. The lowest BCUT2D eigenvalue weighted by atomic mass is 9.85. The maximum Gasteiger partial charge on any atom is 0.0312 e. The topological polar surface area (TPSA) is 28.2 Å². The first-order valence-corrected chi connectivity index (χ1v) is 6.52. The van der Waals surface area contributed by atoms with Crippen LogP contribution in [0.25, 0.3) is 0 Å². The van der Waals surface area contributed by atoms with Gasteiger partial charge in [0.2, 0.25) is 0 Å². The molecule has 3 heterocycles. The SMILES string of the molecule is CC1(C)C2CNCC2CN1Cc1cccnc1. The maximum absolute atomic E-state index is 4.21. The van der Waals surface area contributed by atoms with Gasteiger partial charge in [-0.2, -0.15) is 0 Å². The molecular formula is C14H21N3. The molecule has 0 amide bonds. The van der Waals surface area contributed by atoms with Gasteiger partial charge < -0.3 is 5.32 Å².